The maximum Gasteiger partial charge on any atom is 0.0719 e. The maximum atomic E-state index is 4.80. The van der Waals surface area contributed by atoms with Crippen LogP contribution in [-0.2, 0) is 5.41 Å². The lowest BCUT2D eigenvalue weighted by Crippen LogP contribution is -2.33. The number of benzene rings is 3. The normalized spacial score (nSPS) is 12.5. The van der Waals surface area contributed by atoms with Crippen molar-refractivity contribution < 1.29 is 0 Å². The molecule has 1 nitrogen and oxygen atoms in total. The monoisotopic (exact) mass is 435 g/mol. The molecule has 0 aliphatic carbocycles. The molecular formula is C30H29NS. The van der Waals surface area contributed by atoms with Gasteiger partial charge in [0.05, 0.1) is 5.69 Å². The lowest BCUT2D eigenvalue weighted by Gasteiger charge is -2.39. The van der Waals surface area contributed by atoms with Gasteiger partial charge in [-0.15, -0.1) is 11.3 Å². The zero-order chi connectivity index (χ0) is 22.5. The van der Waals surface area contributed by atoms with Gasteiger partial charge in [-0.2, -0.15) is 0 Å². The summed E-state index contributed by atoms with van der Waals surface area (Å²) < 4.78 is 2.63. The van der Waals surface area contributed by atoms with E-state index < -0.39 is 0 Å². The van der Waals surface area contributed by atoms with Crippen LogP contribution in [0.3, 0.4) is 0 Å². The Morgan fingerprint density at radius 1 is 0.688 bits per heavy atom. The molecule has 160 valence electrons. The first kappa shape index (κ1) is 20.9. The molecule has 2 heterocycles. The predicted octanol–water partition coefficient (Wildman–Crippen LogP) is 9.11. The quantitative estimate of drug-likeness (QED) is 0.275. The van der Waals surface area contributed by atoms with Crippen molar-refractivity contribution in [2.24, 2.45) is 5.41 Å². The fourth-order valence-corrected chi connectivity index (χ4v) is 5.42. The van der Waals surface area contributed by atoms with E-state index in [-0.39, 0.29) is 10.8 Å². The second-order valence-electron chi connectivity index (χ2n) is 10.2. The van der Waals surface area contributed by atoms with Crippen molar-refractivity contribution in [1.82, 2.24) is 4.98 Å². The van der Waals surface area contributed by atoms with Crippen LogP contribution in [0.5, 0.6) is 0 Å². The summed E-state index contributed by atoms with van der Waals surface area (Å²) in [5.74, 6) is 0. The Morgan fingerprint density at radius 2 is 1.47 bits per heavy atom. The SMILES string of the molecule is CC(C)(C)C(C)(C)c1ccnc(-c2cccc3c2sc2ccc(-c4ccccc4)cc23)c1. The summed E-state index contributed by atoms with van der Waals surface area (Å²) in [4.78, 5) is 4.80. The highest BCUT2D eigenvalue weighted by Crippen LogP contribution is 2.44. The zero-order valence-electron chi connectivity index (χ0n) is 19.4. The first-order valence-electron chi connectivity index (χ1n) is 11.2. The standard InChI is InChI=1S/C30H29NS/c1-29(2,3)30(4,5)22-16-17-31-26(19-22)24-13-9-12-23-25-18-21(20-10-7-6-8-11-20)14-15-27(25)32-28(23)24/h6-19H,1-5H3. The molecule has 0 fully saturated rings. The largest absolute Gasteiger partial charge is 0.256 e. The van der Waals surface area contributed by atoms with Crippen LogP contribution in [-0.4, -0.2) is 4.98 Å². The predicted molar refractivity (Wildman–Crippen MR) is 140 cm³/mol. The Balaban J connectivity index is 1.67. The topological polar surface area (TPSA) is 12.9 Å². The van der Waals surface area contributed by atoms with Crippen LogP contribution >= 0.6 is 11.3 Å². The summed E-state index contributed by atoms with van der Waals surface area (Å²) in [5, 5.41) is 2.63. The second-order valence-corrected chi connectivity index (χ2v) is 11.2. The van der Waals surface area contributed by atoms with E-state index in [1.807, 2.05) is 17.5 Å². The van der Waals surface area contributed by atoms with Crippen molar-refractivity contribution in [3.8, 4) is 22.4 Å². The van der Waals surface area contributed by atoms with Crippen LogP contribution in [0.1, 0.15) is 40.2 Å². The van der Waals surface area contributed by atoms with E-state index in [1.54, 1.807) is 0 Å². The first-order valence-corrected chi connectivity index (χ1v) is 12.0. The molecule has 5 rings (SSSR count). The summed E-state index contributed by atoms with van der Waals surface area (Å²) in [5.41, 5.74) is 6.32. The van der Waals surface area contributed by atoms with Gasteiger partial charge in [-0.05, 0) is 51.8 Å². The smallest absolute Gasteiger partial charge is 0.0719 e. The minimum Gasteiger partial charge on any atom is -0.256 e. The minimum atomic E-state index is 0.0450. The number of thiophene rings is 1. The van der Waals surface area contributed by atoms with Gasteiger partial charge in [0.2, 0.25) is 0 Å². The Morgan fingerprint density at radius 3 is 2.22 bits per heavy atom. The van der Waals surface area contributed by atoms with E-state index >= 15 is 0 Å². The van der Waals surface area contributed by atoms with Crippen molar-refractivity contribution in [2.45, 2.75) is 40.0 Å². The average Bonchev–Trinajstić information content (AvgIpc) is 3.17. The van der Waals surface area contributed by atoms with Gasteiger partial charge in [0.15, 0.2) is 0 Å². The van der Waals surface area contributed by atoms with Gasteiger partial charge in [-0.25, -0.2) is 0 Å². The van der Waals surface area contributed by atoms with E-state index in [0.717, 1.165) is 5.69 Å². The molecule has 32 heavy (non-hydrogen) atoms. The third-order valence-corrected chi connectivity index (χ3v) is 8.46. The number of hydrogen-bond acceptors (Lipinski definition) is 2. The van der Waals surface area contributed by atoms with E-state index in [1.165, 1.54) is 42.4 Å². The van der Waals surface area contributed by atoms with Crippen LogP contribution in [0.2, 0.25) is 0 Å². The van der Waals surface area contributed by atoms with Gasteiger partial charge in [0, 0.05) is 31.9 Å². The highest BCUT2D eigenvalue weighted by molar-refractivity contribution is 7.26. The molecule has 0 aliphatic rings. The van der Waals surface area contributed by atoms with Gasteiger partial charge in [-0.3, -0.25) is 4.98 Å². The first-order chi connectivity index (χ1) is 15.3. The molecule has 3 aromatic carbocycles. The molecule has 0 N–H and O–H groups in total. The number of nitrogens with zero attached hydrogens (tertiary/aromatic N) is 1. The average molecular weight is 436 g/mol. The molecule has 0 atom stereocenters. The second kappa shape index (κ2) is 7.56. The summed E-state index contributed by atoms with van der Waals surface area (Å²) in [6, 6.07) is 28.5. The van der Waals surface area contributed by atoms with Crippen molar-refractivity contribution in [3.63, 3.8) is 0 Å². The van der Waals surface area contributed by atoms with Crippen LogP contribution in [0.4, 0.5) is 0 Å². The third kappa shape index (κ3) is 3.43. The molecule has 0 spiro atoms. The number of rotatable bonds is 3. The number of aromatic nitrogens is 1. The number of hydrogen-bond donors (Lipinski definition) is 0. The lowest BCUT2D eigenvalue weighted by atomic mass is 9.65. The molecule has 0 aliphatic heterocycles. The number of pyridine rings is 1. The third-order valence-electron chi connectivity index (χ3n) is 7.24. The van der Waals surface area contributed by atoms with Gasteiger partial charge in [0.25, 0.3) is 0 Å². The molecule has 0 radical (unpaired) electrons. The van der Waals surface area contributed by atoms with Crippen molar-refractivity contribution in [3.05, 3.63) is 90.6 Å². The van der Waals surface area contributed by atoms with Gasteiger partial charge >= 0.3 is 0 Å². The van der Waals surface area contributed by atoms with E-state index in [2.05, 4.69) is 113 Å². The Kier molecular flexibility index (Phi) is 4.94. The molecule has 0 bridgehead atoms. The van der Waals surface area contributed by atoms with Crippen LogP contribution in [0.25, 0.3) is 42.6 Å². The molecule has 2 aromatic heterocycles. The van der Waals surface area contributed by atoms with Crippen LogP contribution < -0.4 is 0 Å². The molecule has 0 saturated carbocycles. The summed E-state index contributed by atoms with van der Waals surface area (Å²) in [6.07, 6.45) is 1.97. The van der Waals surface area contributed by atoms with Crippen LogP contribution in [0, 0.1) is 5.41 Å². The molecule has 2 heteroatoms. The molecule has 5 aromatic rings. The Hall–Kier alpha value is -2.97. The minimum absolute atomic E-state index is 0.0450. The van der Waals surface area contributed by atoms with Crippen molar-refractivity contribution >= 4 is 31.5 Å². The highest BCUT2D eigenvalue weighted by Gasteiger charge is 2.34. The summed E-state index contributed by atoms with van der Waals surface area (Å²) >= 11 is 1.87. The van der Waals surface area contributed by atoms with Crippen LogP contribution in [0.15, 0.2) is 85.1 Å². The summed E-state index contributed by atoms with van der Waals surface area (Å²) in [6.45, 7) is 11.6. The maximum absolute atomic E-state index is 4.80. The van der Waals surface area contributed by atoms with Gasteiger partial charge in [-0.1, -0.05) is 89.2 Å². The fraction of sp³-hybridized carbons (Fsp3) is 0.233. The Bertz CT molecular complexity index is 1420. The van der Waals surface area contributed by atoms with Gasteiger partial charge < -0.3 is 0 Å². The molecule has 0 amide bonds. The molecule has 0 unspecified atom stereocenters. The zero-order valence-corrected chi connectivity index (χ0v) is 20.3. The van der Waals surface area contributed by atoms with Crippen molar-refractivity contribution in [2.75, 3.05) is 0 Å². The molecular weight excluding hydrogens is 406 g/mol. The van der Waals surface area contributed by atoms with E-state index in [0.29, 0.717) is 0 Å². The van der Waals surface area contributed by atoms with Crippen molar-refractivity contribution in [1.29, 1.82) is 0 Å². The van der Waals surface area contributed by atoms with E-state index in [4.69, 9.17) is 4.98 Å². The number of fused-ring (bicyclic) bond motifs is 3. The fourth-order valence-electron chi connectivity index (χ4n) is 4.21. The van der Waals surface area contributed by atoms with Gasteiger partial charge in [0.1, 0.15) is 0 Å². The van der Waals surface area contributed by atoms with E-state index in [9.17, 15) is 0 Å². The molecule has 0 saturated heterocycles. The Labute approximate surface area is 194 Å². The highest BCUT2D eigenvalue weighted by atomic mass is 32.1. The lowest BCUT2D eigenvalue weighted by molar-refractivity contribution is 0.225. The summed E-state index contributed by atoms with van der Waals surface area (Å²) in [7, 11) is 0.